The number of carbonyl (C=O) groups is 1. The molecule has 4 rings (SSSR count). The molecule has 1 aliphatic rings. The molecule has 190 valence electrons. The van der Waals surface area contributed by atoms with E-state index in [1.165, 1.54) is 6.07 Å². The highest BCUT2D eigenvalue weighted by molar-refractivity contribution is 7.80. The third kappa shape index (κ3) is 5.96. The second-order valence-electron chi connectivity index (χ2n) is 8.92. The van der Waals surface area contributed by atoms with Crippen LogP contribution in [0.2, 0.25) is 0 Å². The van der Waals surface area contributed by atoms with Crippen LogP contribution in [0, 0.1) is 0 Å². The van der Waals surface area contributed by atoms with Crippen molar-refractivity contribution in [1.82, 2.24) is 25.9 Å². The number of amides is 1. The molecule has 1 aromatic heterocycles. The molecule has 0 radical (unpaired) electrons. The summed E-state index contributed by atoms with van der Waals surface area (Å²) >= 11 is 5.15. The van der Waals surface area contributed by atoms with Crippen LogP contribution in [0.25, 0.3) is 0 Å². The van der Waals surface area contributed by atoms with Crippen molar-refractivity contribution in [2.45, 2.75) is 51.0 Å². The Balaban J connectivity index is 1.44. The first-order valence-corrected chi connectivity index (χ1v) is 11.9. The van der Waals surface area contributed by atoms with E-state index >= 15 is 0 Å². The number of halogens is 3. The number of anilines is 1. The minimum Gasteiger partial charge on any atom is -0.363 e. The second kappa shape index (κ2) is 10.6. The summed E-state index contributed by atoms with van der Waals surface area (Å²) in [4.78, 5) is 12.6. The Morgan fingerprint density at radius 2 is 1.83 bits per heavy atom. The zero-order valence-electron chi connectivity index (χ0n) is 19.8. The highest BCUT2D eigenvalue weighted by Crippen LogP contribution is 2.43. The molecule has 11 heteroatoms. The summed E-state index contributed by atoms with van der Waals surface area (Å²) in [5.74, 6) is -0.267. The molecule has 0 unspecified atom stereocenters. The maximum Gasteiger partial charge on any atom is 0.410 e. The molecule has 0 saturated carbocycles. The number of alkyl halides is 3. The molecular weight excluding hydrogens is 489 g/mol. The summed E-state index contributed by atoms with van der Waals surface area (Å²) in [6, 6.07) is 15.9. The molecule has 0 spiro atoms. The lowest BCUT2D eigenvalue weighted by molar-refractivity contribution is -0.173. The van der Waals surface area contributed by atoms with Gasteiger partial charge in [0.15, 0.2) is 16.8 Å². The first-order valence-electron chi connectivity index (χ1n) is 11.5. The number of thiocarbonyl (C=S) groups is 1. The van der Waals surface area contributed by atoms with Crippen molar-refractivity contribution >= 4 is 29.1 Å². The topological polar surface area (TPSA) is 83.0 Å². The maximum absolute atomic E-state index is 13.9. The van der Waals surface area contributed by atoms with Gasteiger partial charge in [-0.1, -0.05) is 68.4 Å². The number of fused-ring (bicyclic) bond motifs is 1. The first kappa shape index (κ1) is 25.5. The van der Waals surface area contributed by atoms with Crippen LogP contribution in [0.1, 0.15) is 65.4 Å². The van der Waals surface area contributed by atoms with Crippen LogP contribution in [0.3, 0.4) is 0 Å². The molecule has 2 heterocycles. The molecular formula is C25H27F3N6OS. The zero-order chi connectivity index (χ0) is 25.9. The Kier molecular flexibility index (Phi) is 7.48. The van der Waals surface area contributed by atoms with Crippen LogP contribution < -0.4 is 21.5 Å². The lowest BCUT2D eigenvalue weighted by atomic mass is 9.94. The number of aromatic nitrogens is 2. The van der Waals surface area contributed by atoms with E-state index in [9.17, 15) is 18.0 Å². The lowest BCUT2D eigenvalue weighted by Gasteiger charge is -2.33. The number of hydrogen-bond donors (Lipinski definition) is 4. The molecule has 1 aliphatic heterocycles. The van der Waals surface area contributed by atoms with E-state index in [4.69, 9.17) is 12.2 Å². The van der Waals surface area contributed by atoms with Crippen LogP contribution in [0.4, 0.5) is 19.0 Å². The van der Waals surface area contributed by atoms with Crippen molar-refractivity contribution in [1.29, 1.82) is 0 Å². The number of hydrogen-bond acceptors (Lipinski definition) is 4. The van der Waals surface area contributed by atoms with Crippen LogP contribution in [-0.4, -0.2) is 27.0 Å². The van der Waals surface area contributed by atoms with E-state index in [2.05, 4.69) is 40.4 Å². The van der Waals surface area contributed by atoms with Crippen molar-refractivity contribution in [2.24, 2.45) is 0 Å². The van der Waals surface area contributed by atoms with E-state index in [1.54, 1.807) is 0 Å². The Morgan fingerprint density at radius 1 is 1.14 bits per heavy atom. The standard InChI is InChI=1S/C25H27F3N6OS/c1-15(2)17-8-10-18(11-9-17)19-12-21(25(26,27)28)34-22(30-19)13-20(33-34)23(35)31-32-24(36)29-14-16-6-4-3-5-7-16/h3-11,13,15,19,21,30H,12,14H2,1-2H3,(H,31,35)(H2,29,32,36)/t19-,21+/m1/s1. The molecule has 36 heavy (non-hydrogen) atoms. The molecule has 7 nitrogen and oxygen atoms in total. The maximum atomic E-state index is 13.9. The van der Waals surface area contributed by atoms with Crippen LogP contribution >= 0.6 is 12.2 Å². The van der Waals surface area contributed by atoms with Crippen molar-refractivity contribution in [3.05, 3.63) is 83.0 Å². The van der Waals surface area contributed by atoms with Crippen LogP contribution in [-0.2, 0) is 6.54 Å². The normalized spacial score (nSPS) is 17.2. The van der Waals surface area contributed by atoms with Gasteiger partial charge in [-0.3, -0.25) is 15.6 Å². The summed E-state index contributed by atoms with van der Waals surface area (Å²) < 4.78 is 42.7. The second-order valence-corrected chi connectivity index (χ2v) is 9.33. The summed E-state index contributed by atoms with van der Waals surface area (Å²) in [5, 5.41) is 10.2. The molecule has 0 fully saturated rings. The molecule has 0 saturated heterocycles. The van der Waals surface area contributed by atoms with Gasteiger partial charge >= 0.3 is 6.18 Å². The van der Waals surface area contributed by atoms with E-state index < -0.39 is 24.2 Å². The Morgan fingerprint density at radius 3 is 2.47 bits per heavy atom. The Hall–Kier alpha value is -3.60. The fraction of sp³-hybridized carbons (Fsp3) is 0.320. The van der Waals surface area contributed by atoms with Gasteiger partial charge in [0.05, 0.1) is 6.04 Å². The van der Waals surface area contributed by atoms with Gasteiger partial charge in [0.2, 0.25) is 0 Å². The van der Waals surface area contributed by atoms with E-state index in [-0.39, 0.29) is 23.0 Å². The molecule has 1 amide bonds. The summed E-state index contributed by atoms with van der Waals surface area (Å²) in [6.45, 7) is 4.55. The van der Waals surface area contributed by atoms with Crippen molar-refractivity contribution in [2.75, 3.05) is 5.32 Å². The van der Waals surface area contributed by atoms with Crippen LogP contribution in [0.15, 0.2) is 60.7 Å². The van der Waals surface area contributed by atoms with Gasteiger partial charge in [-0.05, 0) is 34.8 Å². The fourth-order valence-electron chi connectivity index (χ4n) is 4.02. The Bertz CT molecular complexity index is 1210. The predicted molar refractivity (Wildman–Crippen MR) is 135 cm³/mol. The predicted octanol–water partition coefficient (Wildman–Crippen LogP) is 4.98. The Labute approximate surface area is 212 Å². The number of carbonyl (C=O) groups excluding carboxylic acids is 1. The largest absolute Gasteiger partial charge is 0.410 e. The van der Waals surface area contributed by atoms with Gasteiger partial charge in [0, 0.05) is 19.0 Å². The molecule has 3 aromatic rings. The SMILES string of the molecule is CC(C)c1ccc([C@H]2C[C@@H](C(F)(F)F)n3nc(C(=O)NNC(=S)NCc4ccccc4)cc3N2)cc1. The summed E-state index contributed by atoms with van der Waals surface area (Å²) in [7, 11) is 0. The van der Waals surface area contributed by atoms with Crippen molar-refractivity contribution in [3.8, 4) is 0 Å². The number of benzene rings is 2. The lowest BCUT2D eigenvalue weighted by Crippen LogP contribution is -2.46. The third-order valence-corrected chi connectivity index (χ3v) is 6.26. The highest BCUT2D eigenvalue weighted by Gasteiger charge is 2.46. The van der Waals surface area contributed by atoms with Crippen LogP contribution in [0.5, 0.6) is 0 Å². The molecule has 4 N–H and O–H groups in total. The highest BCUT2D eigenvalue weighted by atomic mass is 32.1. The van der Waals surface area contributed by atoms with Crippen molar-refractivity contribution in [3.63, 3.8) is 0 Å². The third-order valence-electron chi connectivity index (χ3n) is 6.01. The first-order chi connectivity index (χ1) is 17.1. The fourth-order valence-corrected chi connectivity index (χ4v) is 4.14. The monoisotopic (exact) mass is 516 g/mol. The smallest absolute Gasteiger partial charge is 0.363 e. The molecule has 0 bridgehead atoms. The summed E-state index contributed by atoms with van der Waals surface area (Å²) in [5.41, 5.74) is 7.60. The van der Waals surface area contributed by atoms with E-state index in [1.807, 2.05) is 54.6 Å². The van der Waals surface area contributed by atoms with E-state index in [0.29, 0.717) is 12.5 Å². The average Bonchev–Trinajstić information content (AvgIpc) is 3.30. The van der Waals surface area contributed by atoms with Crippen molar-refractivity contribution < 1.29 is 18.0 Å². The van der Waals surface area contributed by atoms with Gasteiger partial charge < -0.3 is 10.6 Å². The number of nitrogens with zero attached hydrogens (tertiary/aromatic N) is 2. The number of rotatable bonds is 5. The zero-order valence-corrected chi connectivity index (χ0v) is 20.6. The van der Waals surface area contributed by atoms with Gasteiger partial charge in [-0.25, -0.2) is 4.68 Å². The molecule has 2 atom stereocenters. The minimum absolute atomic E-state index is 0.122. The average molecular weight is 517 g/mol. The van der Waals surface area contributed by atoms with Gasteiger partial charge in [0.1, 0.15) is 5.82 Å². The summed E-state index contributed by atoms with van der Waals surface area (Å²) in [6.07, 6.45) is -4.78. The molecule has 0 aliphatic carbocycles. The number of nitrogens with one attached hydrogen (secondary N) is 4. The van der Waals surface area contributed by atoms with Gasteiger partial charge in [-0.2, -0.15) is 18.3 Å². The van der Waals surface area contributed by atoms with Gasteiger partial charge in [-0.15, -0.1) is 0 Å². The quantitative estimate of drug-likeness (QED) is 0.283. The van der Waals surface area contributed by atoms with Gasteiger partial charge in [0.25, 0.3) is 5.91 Å². The minimum atomic E-state index is -4.53. The number of hydrazine groups is 1. The van der Waals surface area contributed by atoms with E-state index in [0.717, 1.165) is 21.4 Å². The molecule has 2 aromatic carbocycles.